The molecule has 134 valence electrons. The number of carbonyl (C=O) groups is 2. The van der Waals surface area contributed by atoms with Crippen molar-refractivity contribution in [1.82, 2.24) is 0 Å². The summed E-state index contributed by atoms with van der Waals surface area (Å²) in [4.78, 5) is 22.2. The minimum Gasteiger partial charge on any atom is -0.461 e. The molecule has 2 bridgehead atoms. The second kappa shape index (κ2) is 6.12. The van der Waals surface area contributed by atoms with Gasteiger partial charge in [-0.1, -0.05) is 6.58 Å². The Morgan fingerprint density at radius 2 is 2.04 bits per heavy atom. The zero-order valence-electron chi connectivity index (χ0n) is 13.3. The number of esters is 2. The Morgan fingerprint density at radius 3 is 2.75 bits per heavy atom. The van der Waals surface area contributed by atoms with Crippen molar-refractivity contribution in [2.45, 2.75) is 36.7 Å². The molecular weight excluding hydrogens is 340 g/mol. The molecule has 0 amide bonds. The lowest BCUT2D eigenvalue weighted by Gasteiger charge is -2.36. The molecule has 1 aliphatic heterocycles. The molecule has 5 unspecified atom stereocenters. The van der Waals surface area contributed by atoms with Crippen LogP contribution in [-0.2, 0) is 38.1 Å². The van der Waals surface area contributed by atoms with Gasteiger partial charge in [0.2, 0.25) is 0 Å². The molecule has 0 spiro atoms. The number of hydrogen-bond acceptors (Lipinski definition) is 8. The SMILES string of the molecule is C=CC(=O)OCC(=O)OCCOC1(C)C2CC3C1OS(=O)(=O)C3C2. The van der Waals surface area contributed by atoms with Gasteiger partial charge in [-0.15, -0.1) is 0 Å². The summed E-state index contributed by atoms with van der Waals surface area (Å²) in [5, 5.41) is -0.401. The third kappa shape index (κ3) is 2.84. The van der Waals surface area contributed by atoms with Crippen molar-refractivity contribution in [1.29, 1.82) is 0 Å². The van der Waals surface area contributed by atoms with Crippen molar-refractivity contribution in [3.05, 3.63) is 12.7 Å². The fraction of sp³-hybridized carbons (Fsp3) is 0.733. The van der Waals surface area contributed by atoms with E-state index in [1.165, 1.54) is 0 Å². The molecule has 0 aromatic heterocycles. The first-order valence-electron chi connectivity index (χ1n) is 7.79. The Morgan fingerprint density at radius 1 is 1.29 bits per heavy atom. The highest BCUT2D eigenvalue weighted by Gasteiger charge is 2.69. The van der Waals surface area contributed by atoms with Gasteiger partial charge in [0, 0.05) is 12.0 Å². The lowest BCUT2D eigenvalue weighted by molar-refractivity contribution is -0.162. The monoisotopic (exact) mass is 360 g/mol. The number of carbonyl (C=O) groups excluding carboxylic acids is 2. The Kier molecular flexibility index (Phi) is 4.43. The van der Waals surface area contributed by atoms with Crippen LogP contribution in [0.2, 0.25) is 0 Å². The van der Waals surface area contributed by atoms with Gasteiger partial charge in [0.1, 0.15) is 12.7 Å². The van der Waals surface area contributed by atoms with E-state index in [9.17, 15) is 18.0 Å². The standard InChI is InChI=1S/C15H20O8S/c1-3-12(16)21-8-13(17)20-4-5-22-15(2)9-6-10-11(7-9)24(18,19)23-14(10)15/h3,9-11,14H,1,4-8H2,2H3. The van der Waals surface area contributed by atoms with Crippen molar-refractivity contribution >= 4 is 22.1 Å². The molecule has 0 aromatic carbocycles. The molecule has 1 heterocycles. The number of hydrogen-bond donors (Lipinski definition) is 0. The second-order valence-electron chi connectivity index (χ2n) is 6.44. The molecule has 2 aliphatic carbocycles. The largest absolute Gasteiger partial charge is 0.461 e. The molecule has 0 aromatic rings. The Bertz CT molecular complexity index is 656. The Balaban J connectivity index is 1.45. The zero-order valence-corrected chi connectivity index (χ0v) is 14.1. The van der Waals surface area contributed by atoms with Gasteiger partial charge in [0.15, 0.2) is 6.61 Å². The van der Waals surface area contributed by atoms with Crippen LogP contribution in [0.4, 0.5) is 0 Å². The summed E-state index contributed by atoms with van der Waals surface area (Å²) in [6.07, 6.45) is 1.82. The summed E-state index contributed by atoms with van der Waals surface area (Å²) in [6.45, 7) is 4.68. The Labute approximate surface area is 140 Å². The fourth-order valence-corrected chi connectivity index (χ4v) is 5.95. The summed E-state index contributed by atoms with van der Waals surface area (Å²) in [5.74, 6) is -1.27. The fourth-order valence-electron chi connectivity index (χ4n) is 4.04. The minimum atomic E-state index is -3.49. The molecule has 3 fully saturated rings. The highest BCUT2D eigenvalue weighted by molar-refractivity contribution is 7.87. The van der Waals surface area contributed by atoms with Crippen LogP contribution < -0.4 is 0 Å². The van der Waals surface area contributed by atoms with Crippen molar-refractivity contribution in [2.24, 2.45) is 11.8 Å². The third-order valence-electron chi connectivity index (χ3n) is 5.18. The van der Waals surface area contributed by atoms with Gasteiger partial charge in [-0.2, -0.15) is 8.42 Å². The first kappa shape index (κ1) is 17.4. The molecule has 3 aliphatic rings. The molecule has 0 N–H and O–H groups in total. The molecule has 24 heavy (non-hydrogen) atoms. The van der Waals surface area contributed by atoms with Crippen LogP contribution in [0, 0.1) is 11.8 Å². The lowest BCUT2D eigenvalue weighted by atomic mass is 9.83. The summed E-state index contributed by atoms with van der Waals surface area (Å²) in [7, 11) is -3.49. The summed E-state index contributed by atoms with van der Waals surface area (Å²) in [6, 6.07) is 0. The van der Waals surface area contributed by atoms with Gasteiger partial charge in [0.25, 0.3) is 10.1 Å². The van der Waals surface area contributed by atoms with Gasteiger partial charge in [-0.05, 0) is 25.7 Å². The van der Waals surface area contributed by atoms with E-state index in [0.29, 0.717) is 6.42 Å². The van der Waals surface area contributed by atoms with E-state index in [2.05, 4.69) is 11.3 Å². The molecule has 9 heteroatoms. The average Bonchev–Trinajstić information content (AvgIpc) is 3.14. The van der Waals surface area contributed by atoms with E-state index in [1.54, 1.807) is 0 Å². The predicted molar refractivity (Wildman–Crippen MR) is 80.3 cm³/mol. The highest BCUT2D eigenvalue weighted by Crippen LogP contribution is 2.60. The number of rotatable bonds is 7. The molecule has 2 saturated carbocycles. The molecule has 0 radical (unpaired) electrons. The maximum atomic E-state index is 11.9. The van der Waals surface area contributed by atoms with Gasteiger partial charge in [-0.25, -0.2) is 9.59 Å². The van der Waals surface area contributed by atoms with E-state index >= 15 is 0 Å². The summed E-state index contributed by atoms with van der Waals surface area (Å²) in [5.41, 5.74) is -0.688. The molecule has 1 saturated heterocycles. The zero-order chi connectivity index (χ0) is 17.5. The van der Waals surface area contributed by atoms with Crippen LogP contribution >= 0.6 is 0 Å². The smallest absolute Gasteiger partial charge is 0.344 e. The van der Waals surface area contributed by atoms with Crippen LogP contribution in [0.3, 0.4) is 0 Å². The molecular formula is C15H20O8S. The van der Waals surface area contributed by atoms with E-state index in [1.807, 2.05) is 6.92 Å². The number of fused-ring (bicyclic) bond motifs is 1. The van der Waals surface area contributed by atoms with E-state index in [0.717, 1.165) is 12.5 Å². The molecule has 8 nitrogen and oxygen atoms in total. The summed E-state index contributed by atoms with van der Waals surface area (Å²) < 4.78 is 44.5. The predicted octanol–water partition coefficient (Wildman–Crippen LogP) is 0.171. The van der Waals surface area contributed by atoms with Gasteiger partial charge < -0.3 is 14.2 Å². The van der Waals surface area contributed by atoms with E-state index in [-0.39, 0.29) is 25.0 Å². The van der Waals surface area contributed by atoms with E-state index in [4.69, 9.17) is 13.7 Å². The van der Waals surface area contributed by atoms with E-state index < -0.39 is 45.6 Å². The van der Waals surface area contributed by atoms with Crippen LogP contribution in [0.25, 0.3) is 0 Å². The van der Waals surface area contributed by atoms with Gasteiger partial charge in [-0.3, -0.25) is 4.18 Å². The summed E-state index contributed by atoms with van der Waals surface area (Å²) >= 11 is 0. The topological polar surface area (TPSA) is 105 Å². The second-order valence-corrected chi connectivity index (χ2v) is 8.23. The van der Waals surface area contributed by atoms with Crippen molar-refractivity contribution < 1.29 is 36.4 Å². The first-order chi connectivity index (χ1) is 11.3. The van der Waals surface area contributed by atoms with Gasteiger partial charge >= 0.3 is 11.9 Å². The average molecular weight is 360 g/mol. The van der Waals surface area contributed by atoms with Crippen LogP contribution in [-0.4, -0.2) is 57.1 Å². The first-order valence-corrected chi connectivity index (χ1v) is 9.26. The number of ether oxygens (including phenoxy) is 3. The quantitative estimate of drug-likeness (QED) is 0.274. The highest BCUT2D eigenvalue weighted by atomic mass is 32.2. The van der Waals surface area contributed by atoms with Gasteiger partial charge in [0.05, 0.1) is 17.5 Å². The maximum absolute atomic E-state index is 11.9. The molecule has 3 rings (SSSR count). The van der Waals surface area contributed by atoms with Crippen LogP contribution in [0.1, 0.15) is 19.8 Å². The van der Waals surface area contributed by atoms with Crippen molar-refractivity contribution in [3.63, 3.8) is 0 Å². The van der Waals surface area contributed by atoms with Crippen LogP contribution in [0.5, 0.6) is 0 Å². The Hall–Kier alpha value is -1.45. The third-order valence-corrected chi connectivity index (χ3v) is 6.94. The van der Waals surface area contributed by atoms with Crippen molar-refractivity contribution in [2.75, 3.05) is 19.8 Å². The normalized spacial score (nSPS) is 38.0. The van der Waals surface area contributed by atoms with Crippen molar-refractivity contribution in [3.8, 4) is 0 Å². The lowest BCUT2D eigenvalue weighted by Crippen LogP contribution is -2.47. The minimum absolute atomic E-state index is 0.00846. The molecule has 5 atom stereocenters. The van der Waals surface area contributed by atoms with Crippen LogP contribution in [0.15, 0.2) is 12.7 Å². The maximum Gasteiger partial charge on any atom is 0.344 e.